The van der Waals surface area contributed by atoms with Crippen LogP contribution in [-0.4, -0.2) is 63.0 Å². The van der Waals surface area contributed by atoms with Crippen molar-refractivity contribution in [3.63, 3.8) is 0 Å². The highest BCUT2D eigenvalue weighted by Crippen LogP contribution is 2.11. The van der Waals surface area contributed by atoms with Gasteiger partial charge in [-0.25, -0.2) is 8.42 Å². The topological polar surface area (TPSA) is 73.8 Å². The number of hydrogen-bond acceptors (Lipinski definition) is 4. The summed E-state index contributed by atoms with van der Waals surface area (Å²) in [5.74, 6) is 1.16. The fraction of sp³-hybridized carbons (Fsp3) is 0.611. The molecule has 1 aromatic carbocycles. The normalized spacial score (nSPS) is 21.3. The minimum atomic E-state index is -2.89. The Kier molecular flexibility index (Phi) is 7.25. The van der Waals surface area contributed by atoms with Crippen molar-refractivity contribution in [1.82, 2.24) is 15.5 Å². The van der Waals surface area contributed by atoms with Gasteiger partial charge >= 0.3 is 0 Å². The fourth-order valence-corrected chi connectivity index (χ4v) is 4.49. The number of benzene rings is 1. The van der Waals surface area contributed by atoms with E-state index in [1.54, 1.807) is 0 Å². The molecule has 0 bridgehead atoms. The fourth-order valence-electron chi connectivity index (χ4n) is 2.81. The Morgan fingerprint density at radius 2 is 2.08 bits per heavy atom. The van der Waals surface area contributed by atoms with Gasteiger partial charge in [0.1, 0.15) is 0 Å². The van der Waals surface area contributed by atoms with Crippen LogP contribution in [0.2, 0.25) is 0 Å². The number of hydrogen-bond donors (Lipinski definition) is 2. The first-order valence-corrected chi connectivity index (χ1v) is 10.7. The Bertz CT molecular complexity index is 661. The lowest BCUT2D eigenvalue weighted by molar-refractivity contribution is 0.255. The van der Waals surface area contributed by atoms with Gasteiger partial charge in [-0.05, 0) is 32.9 Å². The van der Waals surface area contributed by atoms with Gasteiger partial charge in [0.15, 0.2) is 15.8 Å². The smallest absolute Gasteiger partial charge is 0.191 e. The molecule has 25 heavy (non-hydrogen) atoms. The van der Waals surface area contributed by atoms with E-state index in [4.69, 9.17) is 0 Å². The zero-order chi connectivity index (χ0) is 18.3. The molecule has 0 spiro atoms. The molecular weight excluding hydrogens is 336 g/mol. The average molecular weight is 367 g/mol. The summed E-state index contributed by atoms with van der Waals surface area (Å²) in [6.45, 7) is 6.43. The third-order valence-corrected chi connectivity index (χ3v) is 6.23. The monoisotopic (exact) mass is 366 g/mol. The average Bonchev–Trinajstić information content (AvgIpc) is 2.92. The summed E-state index contributed by atoms with van der Waals surface area (Å²) in [6, 6.07) is 10.6. The largest absolute Gasteiger partial charge is 0.357 e. The quantitative estimate of drug-likeness (QED) is 0.561. The summed E-state index contributed by atoms with van der Waals surface area (Å²) in [7, 11) is -0.795. The molecule has 2 unspecified atom stereocenters. The van der Waals surface area contributed by atoms with Crippen molar-refractivity contribution in [1.29, 1.82) is 0 Å². The van der Waals surface area contributed by atoms with Gasteiger partial charge < -0.3 is 10.6 Å². The molecule has 1 heterocycles. The summed E-state index contributed by atoms with van der Waals surface area (Å²) in [5, 5.41) is 6.46. The molecule has 1 aromatic rings. The van der Waals surface area contributed by atoms with Crippen LogP contribution in [0.4, 0.5) is 0 Å². The van der Waals surface area contributed by atoms with Crippen LogP contribution >= 0.6 is 0 Å². The van der Waals surface area contributed by atoms with Crippen LogP contribution in [0.1, 0.15) is 25.8 Å². The Labute approximate surface area is 151 Å². The summed E-state index contributed by atoms with van der Waals surface area (Å²) >= 11 is 0. The van der Waals surface area contributed by atoms with Crippen molar-refractivity contribution in [3.8, 4) is 0 Å². The summed E-state index contributed by atoms with van der Waals surface area (Å²) in [5.41, 5.74) is 1.28. The molecule has 1 aliphatic heterocycles. The van der Waals surface area contributed by atoms with E-state index in [9.17, 15) is 8.42 Å². The standard InChI is InChI=1S/C18H30N4O2S/c1-4-19-18(21-17-10-11-25(23,24)14-17)20-12-15(2)22(3)13-16-8-6-5-7-9-16/h5-9,15,17H,4,10-14H2,1-3H3,(H2,19,20,21). The van der Waals surface area contributed by atoms with Gasteiger partial charge in [-0.3, -0.25) is 9.89 Å². The number of aliphatic imine (C=N–C) groups is 1. The maximum atomic E-state index is 11.6. The summed E-state index contributed by atoms with van der Waals surface area (Å²) in [4.78, 5) is 6.91. The molecule has 2 N–H and O–H groups in total. The molecule has 1 aliphatic rings. The highest BCUT2D eigenvalue weighted by molar-refractivity contribution is 7.91. The van der Waals surface area contributed by atoms with E-state index in [0.717, 1.165) is 13.1 Å². The molecule has 0 aliphatic carbocycles. The van der Waals surface area contributed by atoms with Crippen molar-refractivity contribution < 1.29 is 8.42 Å². The predicted molar refractivity (Wildman–Crippen MR) is 104 cm³/mol. The summed E-state index contributed by atoms with van der Waals surface area (Å²) in [6.07, 6.45) is 0.649. The number of likely N-dealkylation sites (N-methyl/N-ethyl adjacent to an activating group) is 1. The predicted octanol–water partition coefficient (Wildman–Crippen LogP) is 1.25. The number of nitrogens with zero attached hydrogens (tertiary/aromatic N) is 2. The van der Waals surface area contributed by atoms with Crippen LogP contribution in [0.25, 0.3) is 0 Å². The third kappa shape index (κ3) is 6.66. The second kappa shape index (κ2) is 9.20. The molecule has 1 saturated heterocycles. The Hall–Kier alpha value is -1.60. The van der Waals surface area contributed by atoms with Gasteiger partial charge in [0.2, 0.25) is 0 Å². The van der Waals surface area contributed by atoms with Crippen LogP contribution in [0.3, 0.4) is 0 Å². The van der Waals surface area contributed by atoms with Gasteiger partial charge in [-0.2, -0.15) is 0 Å². The molecule has 0 radical (unpaired) electrons. The first-order chi connectivity index (χ1) is 11.9. The maximum Gasteiger partial charge on any atom is 0.191 e. The van der Waals surface area contributed by atoms with E-state index >= 15 is 0 Å². The molecule has 0 aromatic heterocycles. The third-order valence-electron chi connectivity index (χ3n) is 4.46. The molecular formula is C18H30N4O2S. The van der Waals surface area contributed by atoms with Crippen molar-refractivity contribution in [3.05, 3.63) is 35.9 Å². The lowest BCUT2D eigenvalue weighted by Crippen LogP contribution is -2.44. The zero-order valence-corrected chi connectivity index (χ0v) is 16.2. The number of sulfone groups is 1. The summed E-state index contributed by atoms with van der Waals surface area (Å²) < 4.78 is 23.2. The molecule has 6 nitrogen and oxygen atoms in total. The van der Waals surface area contributed by atoms with Crippen molar-refractivity contribution in [2.24, 2.45) is 4.99 Å². The second-order valence-electron chi connectivity index (χ2n) is 6.71. The van der Waals surface area contributed by atoms with E-state index < -0.39 is 9.84 Å². The second-order valence-corrected chi connectivity index (χ2v) is 8.94. The Morgan fingerprint density at radius 1 is 1.36 bits per heavy atom. The van der Waals surface area contributed by atoms with Gasteiger partial charge in [0, 0.05) is 25.2 Å². The number of rotatable bonds is 7. The first-order valence-electron chi connectivity index (χ1n) is 8.89. The molecule has 0 amide bonds. The SMILES string of the molecule is CCNC(=NCC(C)N(C)Cc1ccccc1)NC1CCS(=O)(=O)C1. The van der Waals surface area contributed by atoms with Crippen LogP contribution in [0.5, 0.6) is 0 Å². The highest BCUT2D eigenvalue weighted by Gasteiger charge is 2.28. The number of guanidine groups is 1. The zero-order valence-electron chi connectivity index (χ0n) is 15.4. The maximum absolute atomic E-state index is 11.6. The van der Waals surface area contributed by atoms with Gasteiger partial charge in [0.25, 0.3) is 0 Å². The van der Waals surface area contributed by atoms with E-state index in [2.05, 4.69) is 58.8 Å². The van der Waals surface area contributed by atoms with E-state index in [1.807, 2.05) is 13.0 Å². The van der Waals surface area contributed by atoms with Crippen LogP contribution in [-0.2, 0) is 16.4 Å². The minimum absolute atomic E-state index is 0.0415. The number of nitrogens with one attached hydrogen (secondary N) is 2. The van der Waals surface area contributed by atoms with E-state index in [1.165, 1.54) is 5.56 Å². The molecule has 140 valence electrons. The van der Waals surface area contributed by atoms with Gasteiger partial charge in [-0.1, -0.05) is 30.3 Å². The highest BCUT2D eigenvalue weighted by atomic mass is 32.2. The van der Waals surface area contributed by atoms with Crippen molar-refractivity contribution in [2.75, 3.05) is 31.6 Å². The van der Waals surface area contributed by atoms with Crippen LogP contribution in [0.15, 0.2) is 35.3 Å². The molecule has 2 rings (SSSR count). The Morgan fingerprint density at radius 3 is 2.68 bits per heavy atom. The molecule has 7 heteroatoms. The first kappa shape index (κ1) is 19.7. The Balaban J connectivity index is 1.88. The lowest BCUT2D eigenvalue weighted by atomic mass is 10.2. The minimum Gasteiger partial charge on any atom is -0.357 e. The van der Waals surface area contributed by atoms with Crippen LogP contribution in [0, 0.1) is 0 Å². The molecule has 0 saturated carbocycles. The van der Waals surface area contributed by atoms with E-state index in [-0.39, 0.29) is 23.6 Å². The van der Waals surface area contributed by atoms with Gasteiger partial charge in [-0.15, -0.1) is 0 Å². The molecule has 1 fully saturated rings. The van der Waals surface area contributed by atoms with E-state index in [0.29, 0.717) is 18.9 Å². The molecule has 2 atom stereocenters. The lowest BCUT2D eigenvalue weighted by Gasteiger charge is -2.24. The van der Waals surface area contributed by atoms with Crippen molar-refractivity contribution >= 4 is 15.8 Å². The van der Waals surface area contributed by atoms with Crippen LogP contribution < -0.4 is 10.6 Å². The van der Waals surface area contributed by atoms with Crippen molar-refractivity contribution in [2.45, 2.75) is 38.9 Å². The van der Waals surface area contributed by atoms with Gasteiger partial charge in [0.05, 0.1) is 18.1 Å².